The van der Waals surface area contributed by atoms with Gasteiger partial charge in [-0.2, -0.15) is 0 Å². The molecule has 0 spiro atoms. The number of hydrogen-bond donors (Lipinski definition) is 2. The molecule has 0 bridgehead atoms. The van der Waals surface area contributed by atoms with E-state index in [0.29, 0.717) is 30.1 Å². The Morgan fingerprint density at radius 2 is 1.85 bits per heavy atom. The second-order valence-electron chi connectivity index (χ2n) is 6.05. The number of ether oxygens (including phenoxy) is 3. The number of rotatable bonds is 4. The van der Waals surface area contributed by atoms with Gasteiger partial charge in [-0.25, -0.2) is 0 Å². The van der Waals surface area contributed by atoms with Crippen molar-refractivity contribution in [2.75, 3.05) is 19.9 Å². The van der Waals surface area contributed by atoms with Crippen molar-refractivity contribution in [1.29, 1.82) is 0 Å². The third kappa shape index (κ3) is 3.28. The Kier molecular flexibility index (Phi) is 4.35. The summed E-state index contributed by atoms with van der Waals surface area (Å²) in [5, 5.41) is 5.57. The van der Waals surface area contributed by atoms with Gasteiger partial charge in [-0.1, -0.05) is 18.2 Å². The van der Waals surface area contributed by atoms with Crippen molar-refractivity contribution in [3.05, 3.63) is 53.6 Å². The molecular formula is C19H18N2O5. The topological polar surface area (TPSA) is 85.9 Å². The monoisotopic (exact) mass is 354 g/mol. The van der Waals surface area contributed by atoms with Crippen LogP contribution in [0.15, 0.2) is 42.5 Å². The van der Waals surface area contributed by atoms with Crippen LogP contribution in [0.1, 0.15) is 28.4 Å². The molecule has 7 heteroatoms. The van der Waals surface area contributed by atoms with E-state index in [1.165, 1.54) is 0 Å². The Bertz CT molecular complexity index is 852. The summed E-state index contributed by atoms with van der Waals surface area (Å²) in [4.78, 5) is 24.5. The van der Waals surface area contributed by atoms with Gasteiger partial charge in [0.15, 0.2) is 11.5 Å². The molecule has 0 fully saturated rings. The first-order valence-electron chi connectivity index (χ1n) is 8.39. The minimum Gasteiger partial charge on any atom is -0.493 e. The standard InChI is InChI=1S/C19H18N2O5/c22-18(21-14-7-8-24-15-4-2-1-3-13(14)15)10-20-19(23)12-5-6-16-17(9-12)26-11-25-16/h1-6,9,14H,7-8,10-11H2,(H,20,23)(H,21,22). The molecule has 1 atom stereocenters. The summed E-state index contributed by atoms with van der Waals surface area (Å²) in [5.41, 5.74) is 1.37. The molecule has 2 heterocycles. The van der Waals surface area contributed by atoms with Gasteiger partial charge in [-0.05, 0) is 24.3 Å². The van der Waals surface area contributed by atoms with Crippen LogP contribution in [0.2, 0.25) is 0 Å². The van der Waals surface area contributed by atoms with Crippen molar-refractivity contribution in [1.82, 2.24) is 10.6 Å². The van der Waals surface area contributed by atoms with E-state index in [0.717, 1.165) is 11.3 Å². The fourth-order valence-corrected chi connectivity index (χ4v) is 3.04. The Labute approximate surface area is 150 Å². The Balaban J connectivity index is 1.34. The molecule has 2 aromatic carbocycles. The van der Waals surface area contributed by atoms with Crippen molar-refractivity contribution < 1.29 is 23.8 Å². The number of hydrogen-bond acceptors (Lipinski definition) is 5. The normalized spacial score (nSPS) is 17.0. The van der Waals surface area contributed by atoms with E-state index in [1.54, 1.807) is 18.2 Å². The zero-order valence-electron chi connectivity index (χ0n) is 14.0. The molecule has 2 aromatic rings. The molecule has 0 aromatic heterocycles. The molecule has 0 aliphatic carbocycles. The third-order valence-corrected chi connectivity index (χ3v) is 4.34. The highest BCUT2D eigenvalue weighted by molar-refractivity contribution is 5.97. The highest BCUT2D eigenvalue weighted by atomic mass is 16.7. The van der Waals surface area contributed by atoms with Crippen molar-refractivity contribution in [2.45, 2.75) is 12.5 Å². The van der Waals surface area contributed by atoms with Crippen molar-refractivity contribution >= 4 is 11.8 Å². The lowest BCUT2D eigenvalue weighted by atomic mass is 10.0. The summed E-state index contributed by atoms with van der Waals surface area (Å²) in [5.74, 6) is 1.33. The summed E-state index contributed by atoms with van der Waals surface area (Å²) < 4.78 is 16.1. The lowest BCUT2D eigenvalue weighted by Crippen LogP contribution is -2.39. The van der Waals surface area contributed by atoms with E-state index in [4.69, 9.17) is 14.2 Å². The van der Waals surface area contributed by atoms with Gasteiger partial charge in [0.2, 0.25) is 12.7 Å². The van der Waals surface area contributed by atoms with Crippen molar-refractivity contribution in [3.63, 3.8) is 0 Å². The van der Waals surface area contributed by atoms with Gasteiger partial charge in [0.1, 0.15) is 5.75 Å². The number of carbonyl (C=O) groups excluding carboxylic acids is 2. The van der Waals surface area contributed by atoms with Crippen LogP contribution in [0.3, 0.4) is 0 Å². The Morgan fingerprint density at radius 1 is 1.00 bits per heavy atom. The van der Waals surface area contributed by atoms with Crippen LogP contribution in [0.4, 0.5) is 0 Å². The molecule has 2 N–H and O–H groups in total. The van der Waals surface area contributed by atoms with E-state index >= 15 is 0 Å². The maximum Gasteiger partial charge on any atom is 0.251 e. The number of nitrogens with one attached hydrogen (secondary N) is 2. The highest BCUT2D eigenvalue weighted by Gasteiger charge is 2.23. The molecule has 0 radical (unpaired) electrons. The van der Waals surface area contributed by atoms with Gasteiger partial charge in [0.25, 0.3) is 5.91 Å². The van der Waals surface area contributed by atoms with Crippen LogP contribution in [-0.4, -0.2) is 31.8 Å². The maximum absolute atomic E-state index is 12.2. The zero-order chi connectivity index (χ0) is 17.9. The summed E-state index contributed by atoms with van der Waals surface area (Å²) in [6.45, 7) is 0.591. The van der Waals surface area contributed by atoms with Crippen LogP contribution in [0.5, 0.6) is 17.2 Å². The molecule has 4 rings (SSSR count). The second kappa shape index (κ2) is 6.95. The quantitative estimate of drug-likeness (QED) is 0.874. The summed E-state index contributed by atoms with van der Waals surface area (Å²) in [6.07, 6.45) is 0.693. The highest BCUT2D eigenvalue weighted by Crippen LogP contribution is 2.33. The fraction of sp³-hybridized carbons (Fsp3) is 0.263. The zero-order valence-corrected chi connectivity index (χ0v) is 14.0. The minimum absolute atomic E-state index is 0.104. The van der Waals surface area contributed by atoms with Crippen molar-refractivity contribution in [2.24, 2.45) is 0 Å². The molecule has 0 saturated carbocycles. The molecular weight excluding hydrogens is 336 g/mol. The van der Waals surface area contributed by atoms with Crippen LogP contribution < -0.4 is 24.8 Å². The third-order valence-electron chi connectivity index (χ3n) is 4.34. The number of benzene rings is 2. The summed E-state index contributed by atoms with van der Waals surface area (Å²) >= 11 is 0. The van der Waals surface area contributed by atoms with Gasteiger partial charge >= 0.3 is 0 Å². The van der Waals surface area contributed by atoms with Gasteiger partial charge in [-0.3, -0.25) is 9.59 Å². The first-order chi connectivity index (χ1) is 12.7. The van der Waals surface area contributed by atoms with Gasteiger partial charge in [-0.15, -0.1) is 0 Å². The van der Waals surface area contributed by atoms with Crippen LogP contribution in [0.25, 0.3) is 0 Å². The van der Waals surface area contributed by atoms with E-state index in [-0.39, 0.29) is 31.2 Å². The van der Waals surface area contributed by atoms with E-state index in [1.807, 2.05) is 24.3 Å². The van der Waals surface area contributed by atoms with Gasteiger partial charge < -0.3 is 24.8 Å². The average Bonchev–Trinajstić information content (AvgIpc) is 3.14. The Morgan fingerprint density at radius 3 is 2.77 bits per heavy atom. The molecule has 1 unspecified atom stereocenters. The predicted molar refractivity (Wildman–Crippen MR) is 92.3 cm³/mol. The molecule has 2 aliphatic rings. The summed E-state index contributed by atoms with van der Waals surface area (Å²) in [6, 6.07) is 12.4. The number of amides is 2. The summed E-state index contributed by atoms with van der Waals surface area (Å²) in [7, 11) is 0. The van der Waals surface area contributed by atoms with Crippen LogP contribution in [-0.2, 0) is 4.79 Å². The molecule has 2 aliphatic heterocycles. The second-order valence-corrected chi connectivity index (χ2v) is 6.05. The fourth-order valence-electron chi connectivity index (χ4n) is 3.04. The average molecular weight is 354 g/mol. The van der Waals surface area contributed by atoms with Gasteiger partial charge in [0.05, 0.1) is 19.2 Å². The lowest BCUT2D eigenvalue weighted by Gasteiger charge is -2.26. The van der Waals surface area contributed by atoms with Gasteiger partial charge in [0, 0.05) is 17.5 Å². The largest absolute Gasteiger partial charge is 0.493 e. The van der Waals surface area contributed by atoms with E-state index in [9.17, 15) is 9.59 Å². The molecule has 0 saturated heterocycles. The first-order valence-corrected chi connectivity index (χ1v) is 8.39. The molecule has 7 nitrogen and oxygen atoms in total. The number of para-hydroxylation sites is 1. The molecule has 2 amide bonds. The Hall–Kier alpha value is -3.22. The van der Waals surface area contributed by atoms with Crippen LogP contribution in [0, 0.1) is 0 Å². The van der Waals surface area contributed by atoms with E-state index < -0.39 is 0 Å². The number of carbonyl (C=O) groups is 2. The van der Waals surface area contributed by atoms with Crippen LogP contribution >= 0.6 is 0 Å². The smallest absolute Gasteiger partial charge is 0.251 e. The maximum atomic E-state index is 12.2. The lowest BCUT2D eigenvalue weighted by molar-refractivity contribution is -0.121. The molecule has 134 valence electrons. The predicted octanol–water partition coefficient (Wildman–Crippen LogP) is 1.79. The van der Waals surface area contributed by atoms with E-state index in [2.05, 4.69) is 10.6 Å². The minimum atomic E-state index is -0.342. The van der Waals surface area contributed by atoms with Crippen molar-refractivity contribution in [3.8, 4) is 17.2 Å². The first kappa shape index (κ1) is 16.3. The SMILES string of the molecule is O=C(CNC(=O)c1ccc2c(c1)OCO2)NC1CCOc2ccccc21. The molecule has 26 heavy (non-hydrogen) atoms. The number of fused-ring (bicyclic) bond motifs is 2.